The number of hydroxylamine groups is 1. The highest BCUT2D eigenvalue weighted by atomic mass is 16.6. The Bertz CT molecular complexity index is 429. The van der Waals surface area contributed by atoms with Crippen molar-refractivity contribution < 1.29 is 14.4 Å². The van der Waals surface area contributed by atoms with E-state index in [1.165, 1.54) is 18.2 Å². The van der Waals surface area contributed by atoms with Crippen molar-refractivity contribution in [3.05, 3.63) is 29.3 Å². The zero-order valence-corrected chi connectivity index (χ0v) is 12.3. The van der Waals surface area contributed by atoms with E-state index in [1.807, 2.05) is 25.1 Å². The van der Waals surface area contributed by atoms with Gasteiger partial charge >= 0.3 is 0 Å². The number of ether oxygens (including phenoxy) is 1. The van der Waals surface area contributed by atoms with Gasteiger partial charge in [0.25, 0.3) is 0 Å². The Morgan fingerprint density at radius 2 is 1.89 bits per heavy atom. The van der Waals surface area contributed by atoms with Gasteiger partial charge in [0.15, 0.2) is 0 Å². The minimum absolute atomic E-state index is 0.111. The van der Waals surface area contributed by atoms with E-state index in [0.29, 0.717) is 12.3 Å². The average Bonchev–Trinajstić information content (AvgIpc) is 2.38. The Morgan fingerprint density at radius 3 is 2.42 bits per heavy atom. The van der Waals surface area contributed by atoms with Crippen LogP contribution >= 0.6 is 0 Å². The zero-order valence-electron chi connectivity index (χ0n) is 12.3. The first-order valence-electron chi connectivity index (χ1n) is 6.49. The first-order valence-corrected chi connectivity index (χ1v) is 6.49. The lowest BCUT2D eigenvalue weighted by atomic mass is 9.88. The van der Waals surface area contributed by atoms with E-state index < -0.39 is 0 Å². The number of methoxy groups -OCH3 is 1. The molecule has 0 radical (unpaired) electrons. The highest BCUT2D eigenvalue weighted by Crippen LogP contribution is 2.31. The van der Waals surface area contributed by atoms with Crippen LogP contribution in [0.3, 0.4) is 0 Å². The van der Waals surface area contributed by atoms with Crippen molar-refractivity contribution in [2.24, 2.45) is 0 Å². The fraction of sp³-hybridized carbons (Fsp3) is 0.533. The Hall–Kier alpha value is -1.55. The molecule has 1 aromatic rings. The van der Waals surface area contributed by atoms with Gasteiger partial charge in [-0.1, -0.05) is 26.8 Å². The fourth-order valence-electron chi connectivity index (χ4n) is 2.17. The highest BCUT2D eigenvalue weighted by Gasteiger charge is 2.17. The molecule has 1 amide bonds. The SMILES string of the molecule is CONC(=O)C[C@@H](C)c1ccc(OC)cc1C(C)C. The number of hydrogen-bond donors (Lipinski definition) is 1. The number of amides is 1. The summed E-state index contributed by atoms with van der Waals surface area (Å²) in [7, 11) is 3.10. The molecule has 19 heavy (non-hydrogen) atoms. The van der Waals surface area contributed by atoms with Crippen molar-refractivity contribution in [2.45, 2.75) is 39.0 Å². The molecule has 0 fully saturated rings. The molecule has 1 aromatic carbocycles. The summed E-state index contributed by atoms with van der Waals surface area (Å²) in [4.78, 5) is 16.2. The van der Waals surface area contributed by atoms with Crippen LogP contribution in [0.25, 0.3) is 0 Å². The van der Waals surface area contributed by atoms with Crippen LogP contribution < -0.4 is 10.2 Å². The molecule has 0 saturated carbocycles. The van der Waals surface area contributed by atoms with Crippen LogP contribution in [0.2, 0.25) is 0 Å². The minimum atomic E-state index is -0.111. The predicted molar refractivity (Wildman–Crippen MR) is 75.3 cm³/mol. The molecule has 0 aliphatic heterocycles. The van der Waals surface area contributed by atoms with E-state index in [2.05, 4.69) is 24.2 Å². The second-order valence-electron chi connectivity index (χ2n) is 4.98. The first kappa shape index (κ1) is 15.5. The Balaban J connectivity index is 2.95. The lowest BCUT2D eigenvalue weighted by Crippen LogP contribution is -2.23. The maximum Gasteiger partial charge on any atom is 0.244 e. The molecule has 0 aliphatic carbocycles. The van der Waals surface area contributed by atoms with Gasteiger partial charge in [0, 0.05) is 6.42 Å². The van der Waals surface area contributed by atoms with Crippen LogP contribution in [0.1, 0.15) is 50.2 Å². The predicted octanol–water partition coefficient (Wildman–Crippen LogP) is 2.99. The van der Waals surface area contributed by atoms with E-state index in [0.717, 1.165) is 5.75 Å². The number of rotatable bonds is 6. The third kappa shape index (κ3) is 4.24. The van der Waals surface area contributed by atoms with E-state index >= 15 is 0 Å². The summed E-state index contributed by atoms with van der Waals surface area (Å²) in [5.74, 6) is 1.26. The van der Waals surface area contributed by atoms with Crippen LogP contribution in [0.5, 0.6) is 5.75 Å². The molecule has 0 bridgehead atoms. The van der Waals surface area contributed by atoms with Crippen LogP contribution in [0, 0.1) is 0 Å². The minimum Gasteiger partial charge on any atom is -0.497 e. The van der Waals surface area contributed by atoms with Gasteiger partial charge in [0.05, 0.1) is 14.2 Å². The monoisotopic (exact) mass is 265 g/mol. The van der Waals surface area contributed by atoms with E-state index in [9.17, 15) is 4.79 Å². The van der Waals surface area contributed by atoms with Crippen molar-refractivity contribution in [3.63, 3.8) is 0 Å². The largest absolute Gasteiger partial charge is 0.497 e. The topological polar surface area (TPSA) is 47.6 Å². The van der Waals surface area contributed by atoms with Gasteiger partial charge in [0.2, 0.25) is 5.91 Å². The molecule has 0 saturated heterocycles. The number of carbonyl (C=O) groups is 1. The molecule has 1 atom stereocenters. The second kappa shape index (κ2) is 7.14. The summed E-state index contributed by atoms with van der Waals surface area (Å²) in [6.07, 6.45) is 0.403. The molecular formula is C15H23NO3. The second-order valence-corrected chi connectivity index (χ2v) is 4.98. The quantitative estimate of drug-likeness (QED) is 0.804. The maximum atomic E-state index is 11.6. The Labute approximate surface area is 115 Å². The lowest BCUT2D eigenvalue weighted by molar-refractivity contribution is -0.131. The standard InChI is InChI=1S/C15H23NO3/c1-10(2)14-9-12(18-4)6-7-13(14)11(3)8-15(17)16-19-5/h6-7,9-11H,8H2,1-5H3,(H,16,17)/t11-/m1/s1. The van der Waals surface area contributed by atoms with E-state index in [1.54, 1.807) is 7.11 Å². The summed E-state index contributed by atoms with van der Waals surface area (Å²) in [6, 6.07) is 6.02. The number of nitrogens with one attached hydrogen (secondary N) is 1. The van der Waals surface area contributed by atoms with Gasteiger partial charge < -0.3 is 4.74 Å². The zero-order chi connectivity index (χ0) is 14.4. The molecule has 0 heterocycles. The summed E-state index contributed by atoms with van der Waals surface area (Å²) >= 11 is 0. The van der Waals surface area contributed by atoms with Crippen molar-refractivity contribution in [1.82, 2.24) is 5.48 Å². The van der Waals surface area contributed by atoms with Gasteiger partial charge in [0.1, 0.15) is 5.75 Å². The van der Waals surface area contributed by atoms with Crippen molar-refractivity contribution in [3.8, 4) is 5.75 Å². The first-order chi connectivity index (χ1) is 8.99. The van der Waals surface area contributed by atoms with Gasteiger partial charge in [-0.15, -0.1) is 0 Å². The van der Waals surface area contributed by atoms with E-state index in [4.69, 9.17) is 4.74 Å². The smallest absolute Gasteiger partial charge is 0.244 e. The van der Waals surface area contributed by atoms with Gasteiger partial charge in [-0.05, 0) is 35.1 Å². The third-order valence-corrected chi connectivity index (χ3v) is 3.15. The number of hydrogen-bond acceptors (Lipinski definition) is 3. The van der Waals surface area contributed by atoms with Crippen LogP contribution in [-0.4, -0.2) is 20.1 Å². The summed E-state index contributed by atoms with van der Waals surface area (Å²) < 4.78 is 5.26. The number of carbonyl (C=O) groups excluding carboxylic acids is 1. The Kier molecular flexibility index (Phi) is 5.83. The van der Waals surface area contributed by atoms with E-state index in [-0.39, 0.29) is 11.8 Å². The molecule has 4 heteroatoms. The molecule has 0 aromatic heterocycles. The number of benzene rings is 1. The van der Waals surface area contributed by atoms with Crippen LogP contribution in [0.4, 0.5) is 0 Å². The molecule has 106 valence electrons. The molecule has 1 N–H and O–H groups in total. The van der Waals surface area contributed by atoms with Crippen LogP contribution in [0.15, 0.2) is 18.2 Å². The van der Waals surface area contributed by atoms with Crippen molar-refractivity contribution >= 4 is 5.91 Å². The molecule has 0 unspecified atom stereocenters. The van der Waals surface area contributed by atoms with Crippen LogP contribution in [-0.2, 0) is 9.63 Å². The molecule has 1 rings (SSSR count). The highest BCUT2D eigenvalue weighted by molar-refractivity contribution is 5.75. The maximum absolute atomic E-state index is 11.6. The molecule has 0 aliphatic rings. The Morgan fingerprint density at radius 1 is 1.21 bits per heavy atom. The molecule has 4 nitrogen and oxygen atoms in total. The normalized spacial score (nSPS) is 12.3. The molecular weight excluding hydrogens is 242 g/mol. The van der Waals surface area contributed by atoms with Crippen molar-refractivity contribution in [1.29, 1.82) is 0 Å². The average molecular weight is 265 g/mol. The van der Waals surface area contributed by atoms with Gasteiger partial charge in [-0.25, -0.2) is 5.48 Å². The van der Waals surface area contributed by atoms with Gasteiger partial charge in [-0.3, -0.25) is 9.63 Å². The summed E-state index contributed by atoms with van der Waals surface area (Å²) in [6.45, 7) is 6.32. The molecule has 0 spiro atoms. The van der Waals surface area contributed by atoms with Gasteiger partial charge in [-0.2, -0.15) is 0 Å². The summed E-state index contributed by atoms with van der Waals surface area (Å²) in [5.41, 5.74) is 4.76. The lowest BCUT2D eigenvalue weighted by Gasteiger charge is -2.19. The van der Waals surface area contributed by atoms with Crippen molar-refractivity contribution in [2.75, 3.05) is 14.2 Å². The fourth-order valence-corrected chi connectivity index (χ4v) is 2.17. The third-order valence-electron chi connectivity index (χ3n) is 3.15. The summed E-state index contributed by atoms with van der Waals surface area (Å²) in [5, 5.41) is 0.